The van der Waals surface area contributed by atoms with Crippen molar-refractivity contribution in [2.24, 2.45) is 15.7 Å². The standard InChI is InChI=1S/C13H14BrN5O/c14-11-2-1-9-6-19(7-10(9)3-11)13(20)5-17-8-18-12(16)4-15/h1-4,8,15H,5-7H2,(H2,16,17,18). The fourth-order valence-electron chi connectivity index (χ4n) is 1.90. The van der Waals surface area contributed by atoms with Crippen LogP contribution in [-0.4, -0.2) is 35.7 Å². The molecule has 0 atom stereocenters. The number of carbonyl (C=O) groups is 1. The predicted molar refractivity (Wildman–Crippen MR) is 82.2 cm³/mol. The van der Waals surface area contributed by atoms with Gasteiger partial charge in [-0.05, 0) is 23.3 Å². The topological polar surface area (TPSA) is 94.9 Å². The lowest BCUT2D eigenvalue weighted by molar-refractivity contribution is -0.130. The number of amides is 1. The van der Waals surface area contributed by atoms with Crippen molar-refractivity contribution >= 4 is 40.2 Å². The molecule has 0 bridgehead atoms. The summed E-state index contributed by atoms with van der Waals surface area (Å²) >= 11 is 3.42. The molecule has 0 spiro atoms. The Bertz CT molecular complexity index is 596. The molecule has 0 saturated carbocycles. The van der Waals surface area contributed by atoms with Crippen molar-refractivity contribution < 1.29 is 4.79 Å². The molecule has 1 aromatic rings. The van der Waals surface area contributed by atoms with Crippen molar-refractivity contribution in [1.29, 1.82) is 5.41 Å². The molecule has 2 rings (SSSR count). The summed E-state index contributed by atoms with van der Waals surface area (Å²) in [7, 11) is 0. The van der Waals surface area contributed by atoms with Gasteiger partial charge in [0.1, 0.15) is 18.7 Å². The van der Waals surface area contributed by atoms with E-state index in [2.05, 4.69) is 25.9 Å². The van der Waals surface area contributed by atoms with Crippen molar-refractivity contribution in [3.05, 3.63) is 33.8 Å². The molecule has 0 aromatic heterocycles. The smallest absolute Gasteiger partial charge is 0.244 e. The van der Waals surface area contributed by atoms with Crippen LogP contribution >= 0.6 is 15.9 Å². The zero-order valence-electron chi connectivity index (χ0n) is 10.7. The van der Waals surface area contributed by atoms with Crippen molar-refractivity contribution in [3.63, 3.8) is 0 Å². The van der Waals surface area contributed by atoms with Crippen LogP contribution in [0.2, 0.25) is 0 Å². The van der Waals surface area contributed by atoms with Crippen molar-refractivity contribution in [3.8, 4) is 0 Å². The van der Waals surface area contributed by atoms with Gasteiger partial charge in [0.15, 0.2) is 0 Å². The quantitative estimate of drug-likeness (QED) is 0.641. The molecule has 104 valence electrons. The van der Waals surface area contributed by atoms with E-state index in [-0.39, 0.29) is 18.3 Å². The molecule has 1 aliphatic heterocycles. The number of amidine groups is 1. The van der Waals surface area contributed by atoms with Crippen LogP contribution in [0.4, 0.5) is 0 Å². The van der Waals surface area contributed by atoms with Crippen molar-refractivity contribution in [1.82, 2.24) is 4.90 Å². The van der Waals surface area contributed by atoms with Crippen LogP contribution in [0.1, 0.15) is 11.1 Å². The first-order valence-electron chi connectivity index (χ1n) is 5.97. The van der Waals surface area contributed by atoms with Gasteiger partial charge in [-0.3, -0.25) is 9.79 Å². The Labute approximate surface area is 125 Å². The molecule has 0 fully saturated rings. The Balaban J connectivity index is 1.92. The number of carbonyl (C=O) groups excluding carboxylic acids is 1. The summed E-state index contributed by atoms with van der Waals surface area (Å²) in [5.41, 5.74) is 7.62. The van der Waals surface area contributed by atoms with Crippen LogP contribution < -0.4 is 5.73 Å². The monoisotopic (exact) mass is 335 g/mol. The highest BCUT2D eigenvalue weighted by atomic mass is 79.9. The van der Waals surface area contributed by atoms with Gasteiger partial charge >= 0.3 is 0 Å². The normalized spacial score (nSPS) is 14.7. The summed E-state index contributed by atoms with van der Waals surface area (Å²) in [6.45, 7) is 1.25. The number of aliphatic imine (C=N–C) groups is 2. The predicted octanol–water partition coefficient (Wildman–Crippen LogP) is 1.33. The highest BCUT2D eigenvalue weighted by molar-refractivity contribution is 9.10. The lowest BCUT2D eigenvalue weighted by atomic mass is 10.1. The second kappa shape index (κ2) is 6.42. The van der Waals surface area contributed by atoms with Crippen LogP contribution in [0.15, 0.2) is 32.7 Å². The third-order valence-corrected chi connectivity index (χ3v) is 3.40. The number of nitrogens with zero attached hydrogens (tertiary/aromatic N) is 3. The molecule has 3 N–H and O–H groups in total. The number of halogens is 1. The van der Waals surface area contributed by atoms with Gasteiger partial charge in [0.05, 0.1) is 6.21 Å². The maximum atomic E-state index is 12.0. The molecule has 0 aliphatic carbocycles. The number of benzene rings is 1. The second-order valence-electron chi connectivity index (χ2n) is 4.32. The molecule has 0 saturated heterocycles. The lowest BCUT2D eigenvalue weighted by Crippen LogP contribution is -2.27. The summed E-state index contributed by atoms with van der Waals surface area (Å²) in [5.74, 6) is -0.00294. The largest absolute Gasteiger partial charge is 0.382 e. The summed E-state index contributed by atoms with van der Waals surface area (Å²) in [4.78, 5) is 21.3. The van der Waals surface area contributed by atoms with Gasteiger partial charge in [0, 0.05) is 17.6 Å². The summed E-state index contributed by atoms with van der Waals surface area (Å²) in [6, 6.07) is 6.02. The van der Waals surface area contributed by atoms with Gasteiger partial charge < -0.3 is 16.0 Å². The van der Waals surface area contributed by atoms with Gasteiger partial charge in [-0.2, -0.15) is 0 Å². The number of hydrogen-bond donors (Lipinski definition) is 2. The zero-order chi connectivity index (χ0) is 14.5. The minimum atomic E-state index is -0.0582. The van der Waals surface area contributed by atoms with Gasteiger partial charge in [-0.1, -0.05) is 22.0 Å². The first-order chi connectivity index (χ1) is 9.60. The Morgan fingerprint density at radius 2 is 2.20 bits per heavy atom. The first kappa shape index (κ1) is 14.4. The average Bonchev–Trinajstić information content (AvgIpc) is 2.86. The Morgan fingerprint density at radius 3 is 2.95 bits per heavy atom. The van der Waals surface area contributed by atoms with Gasteiger partial charge in [-0.15, -0.1) is 0 Å². The Morgan fingerprint density at radius 1 is 1.45 bits per heavy atom. The third kappa shape index (κ3) is 3.51. The maximum Gasteiger partial charge on any atom is 0.244 e. The molecular weight excluding hydrogens is 322 g/mol. The van der Waals surface area contributed by atoms with Gasteiger partial charge in [-0.25, -0.2) is 4.99 Å². The van der Waals surface area contributed by atoms with Gasteiger partial charge in [0.25, 0.3) is 0 Å². The number of fused-ring (bicyclic) bond motifs is 1. The van der Waals surface area contributed by atoms with E-state index < -0.39 is 0 Å². The molecule has 20 heavy (non-hydrogen) atoms. The molecule has 1 aromatic carbocycles. The van der Waals surface area contributed by atoms with E-state index >= 15 is 0 Å². The molecule has 1 aliphatic rings. The van der Waals surface area contributed by atoms with Crippen LogP contribution in [0, 0.1) is 5.41 Å². The van der Waals surface area contributed by atoms with E-state index in [0.717, 1.165) is 21.8 Å². The SMILES string of the molecule is N=CC(N)=NC=NCC(=O)N1Cc2ccc(Br)cc2C1. The second-order valence-corrected chi connectivity index (χ2v) is 5.23. The summed E-state index contributed by atoms with van der Waals surface area (Å²) in [5, 5.41) is 6.84. The van der Waals surface area contributed by atoms with E-state index in [1.807, 2.05) is 18.2 Å². The van der Waals surface area contributed by atoms with Crippen LogP contribution in [0.5, 0.6) is 0 Å². The average molecular weight is 336 g/mol. The van der Waals surface area contributed by atoms with E-state index in [9.17, 15) is 4.79 Å². The number of nitrogens with one attached hydrogen (secondary N) is 1. The van der Waals surface area contributed by atoms with E-state index in [4.69, 9.17) is 11.1 Å². The van der Waals surface area contributed by atoms with Crippen LogP contribution in [0.25, 0.3) is 0 Å². The molecule has 1 amide bonds. The van der Waals surface area contributed by atoms with Crippen molar-refractivity contribution in [2.45, 2.75) is 13.1 Å². The van der Waals surface area contributed by atoms with E-state index in [0.29, 0.717) is 13.1 Å². The fraction of sp³-hybridized carbons (Fsp3) is 0.231. The number of hydrogen-bond acceptors (Lipinski definition) is 3. The highest BCUT2D eigenvalue weighted by Crippen LogP contribution is 2.25. The minimum Gasteiger partial charge on any atom is -0.382 e. The van der Waals surface area contributed by atoms with E-state index in [1.54, 1.807) is 4.90 Å². The Hall–Kier alpha value is -2.02. The van der Waals surface area contributed by atoms with Crippen LogP contribution in [0.3, 0.4) is 0 Å². The summed E-state index contributed by atoms with van der Waals surface area (Å²) < 4.78 is 1.01. The maximum absolute atomic E-state index is 12.0. The van der Waals surface area contributed by atoms with Crippen molar-refractivity contribution in [2.75, 3.05) is 6.54 Å². The van der Waals surface area contributed by atoms with Gasteiger partial charge in [0.2, 0.25) is 5.91 Å². The lowest BCUT2D eigenvalue weighted by Gasteiger charge is -2.13. The molecule has 6 nitrogen and oxygen atoms in total. The summed E-state index contributed by atoms with van der Waals surface area (Å²) in [6.07, 6.45) is 2.13. The minimum absolute atomic E-state index is 0.0317. The van der Waals surface area contributed by atoms with Crippen LogP contribution in [-0.2, 0) is 17.9 Å². The highest BCUT2D eigenvalue weighted by Gasteiger charge is 2.22. The fourth-order valence-corrected chi connectivity index (χ4v) is 2.31. The first-order valence-corrected chi connectivity index (χ1v) is 6.76. The van der Waals surface area contributed by atoms with E-state index in [1.165, 1.54) is 6.34 Å². The Kier molecular flexibility index (Phi) is 4.62. The third-order valence-electron chi connectivity index (χ3n) is 2.91. The molecular formula is C13H14BrN5O. The number of rotatable bonds is 4. The molecule has 0 radical (unpaired) electrons. The zero-order valence-corrected chi connectivity index (χ0v) is 12.3. The molecule has 1 heterocycles. The molecule has 7 heteroatoms. The molecule has 0 unspecified atom stereocenters. The number of nitrogens with two attached hydrogens (primary N) is 1.